The van der Waals surface area contributed by atoms with Crippen LogP contribution in [0, 0.1) is 11.7 Å². The highest BCUT2D eigenvalue weighted by Crippen LogP contribution is 2.47. The number of esters is 1. The highest BCUT2D eigenvalue weighted by molar-refractivity contribution is 7.52. The van der Waals surface area contributed by atoms with Crippen molar-refractivity contribution in [1.29, 1.82) is 0 Å². The first-order chi connectivity index (χ1) is 19.0. The second-order valence-electron chi connectivity index (χ2n) is 9.39. The zero-order valence-electron chi connectivity index (χ0n) is 22.4. The molecule has 1 aromatic heterocycles. The number of aromatic amines is 1. The highest BCUT2D eigenvalue weighted by Gasteiger charge is 2.45. The van der Waals surface area contributed by atoms with E-state index in [4.69, 9.17) is 18.5 Å². The number of halogens is 1. The molecule has 3 rings (SSSR count). The minimum absolute atomic E-state index is 0.119. The first kappa shape index (κ1) is 31.7. The van der Waals surface area contributed by atoms with Crippen LogP contribution in [0.4, 0.5) is 4.39 Å². The molecule has 0 amide bonds. The molecule has 4 N–H and O–H groups in total. The Balaban J connectivity index is 1.80. The van der Waals surface area contributed by atoms with Crippen LogP contribution in [-0.2, 0) is 23.4 Å². The lowest BCUT2D eigenvalue weighted by Gasteiger charge is -2.29. The van der Waals surface area contributed by atoms with Crippen LogP contribution < -0.4 is 20.9 Å². The standard InChI is InChI=1S/C25H35FN3O10P/c1-4-16(5-2)14-36-24(33)15(3)28-40(35,38-17-9-7-6-8-10-17)39-20(13-30)22-19(31)11-21(37-22)29-12-18(26)23(32)27-25(29)34/h6-10,12,15-16,19-22,30-31H,4-5,11,13-14H2,1-3H3,(H,28,35)(H,27,32,34)/t15-,19-,20+,21+,22-,40-/m0/s1. The van der Waals surface area contributed by atoms with Gasteiger partial charge in [0, 0.05) is 6.42 Å². The fraction of sp³-hybridized carbons (Fsp3) is 0.560. The van der Waals surface area contributed by atoms with Crippen molar-refractivity contribution < 1.29 is 42.5 Å². The van der Waals surface area contributed by atoms with Gasteiger partial charge in [-0.2, -0.15) is 9.48 Å². The fourth-order valence-corrected chi connectivity index (χ4v) is 5.75. The van der Waals surface area contributed by atoms with Crippen molar-refractivity contribution in [3.05, 3.63) is 63.2 Å². The minimum Gasteiger partial charge on any atom is -0.464 e. The summed E-state index contributed by atoms with van der Waals surface area (Å²) in [6.45, 7) is 4.71. The van der Waals surface area contributed by atoms with Gasteiger partial charge in [-0.1, -0.05) is 44.9 Å². The molecular formula is C25H35FN3O10P. The van der Waals surface area contributed by atoms with Crippen LogP contribution in [0.2, 0.25) is 0 Å². The first-order valence-electron chi connectivity index (χ1n) is 12.9. The molecule has 0 saturated carbocycles. The third-order valence-corrected chi connectivity index (χ3v) is 8.18. The molecule has 6 atom stereocenters. The van der Waals surface area contributed by atoms with Gasteiger partial charge in [-0.3, -0.25) is 23.7 Å². The molecule has 1 aromatic carbocycles. The molecule has 1 saturated heterocycles. The van der Waals surface area contributed by atoms with Crippen molar-refractivity contribution in [1.82, 2.24) is 14.6 Å². The highest BCUT2D eigenvalue weighted by atomic mass is 31.2. The number of para-hydroxylation sites is 1. The lowest BCUT2D eigenvalue weighted by Crippen LogP contribution is -2.42. The molecule has 0 spiro atoms. The van der Waals surface area contributed by atoms with Gasteiger partial charge in [0.25, 0.3) is 5.56 Å². The Morgan fingerprint density at radius 2 is 1.95 bits per heavy atom. The summed E-state index contributed by atoms with van der Waals surface area (Å²) in [7, 11) is -4.46. The van der Waals surface area contributed by atoms with Crippen LogP contribution in [0.25, 0.3) is 0 Å². The zero-order chi connectivity index (χ0) is 29.4. The topological polar surface area (TPSA) is 178 Å². The number of benzene rings is 1. The van der Waals surface area contributed by atoms with Gasteiger partial charge < -0.3 is 24.2 Å². The Labute approximate surface area is 229 Å². The van der Waals surface area contributed by atoms with Gasteiger partial charge in [0.15, 0.2) is 0 Å². The van der Waals surface area contributed by atoms with E-state index >= 15 is 0 Å². The molecule has 1 aliphatic heterocycles. The van der Waals surface area contributed by atoms with Gasteiger partial charge in [0.05, 0.1) is 25.5 Å². The van der Waals surface area contributed by atoms with Gasteiger partial charge in [-0.25, -0.2) is 9.36 Å². The van der Waals surface area contributed by atoms with Crippen LogP contribution in [0.5, 0.6) is 5.75 Å². The Morgan fingerprint density at radius 3 is 2.58 bits per heavy atom. The summed E-state index contributed by atoms with van der Waals surface area (Å²) in [6, 6.07) is 6.77. The number of aliphatic hydroxyl groups is 2. The Hall–Kier alpha value is -2.87. The first-order valence-corrected chi connectivity index (χ1v) is 14.5. The molecule has 0 bridgehead atoms. The number of carbonyl (C=O) groups is 1. The van der Waals surface area contributed by atoms with Crippen molar-refractivity contribution in [2.75, 3.05) is 13.2 Å². The molecule has 15 heteroatoms. The monoisotopic (exact) mass is 587 g/mol. The van der Waals surface area contributed by atoms with Gasteiger partial charge in [-0.15, -0.1) is 0 Å². The summed E-state index contributed by atoms with van der Waals surface area (Å²) in [5.41, 5.74) is -2.20. The molecule has 0 radical (unpaired) electrons. The number of nitrogens with zero attached hydrogens (tertiary/aromatic N) is 1. The Bertz CT molecular complexity index is 1290. The maximum atomic E-state index is 13.9. The maximum Gasteiger partial charge on any atom is 0.459 e. The van der Waals surface area contributed by atoms with E-state index in [1.165, 1.54) is 19.1 Å². The second kappa shape index (κ2) is 14.2. The summed E-state index contributed by atoms with van der Waals surface area (Å²) in [4.78, 5) is 38.0. The van der Waals surface area contributed by atoms with Crippen molar-refractivity contribution in [2.45, 2.75) is 70.6 Å². The average molecular weight is 588 g/mol. The third kappa shape index (κ3) is 8.09. The number of hydrogen-bond acceptors (Lipinski definition) is 10. The van der Waals surface area contributed by atoms with Gasteiger partial charge in [0.2, 0.25) is 5.82 Å². The number of H-pyrrole nitrogens is 1. The lowest BCUT2D eigenvalue weighted by molar-refractivity contribution is -0.146. The van der Waals surface area contributed by atoms with Crippen molar-refractivity contribution in [3.8, 4) is 5.75 Å². The van der Waals surface area contributed by atoms with Crippen LogP contribution in [0.15, 0.2) is 46.1 Å². The van der Waals surface area contributed by atoms with E-state index in [0.717, 1.165) is 17.4 Å². The van der Waals surface area contributed by atoms with Crippen molar-refractivity contribution in [3.63, 3.8) is 0 Å². The molecule has 0 aliphatic carbocycles. The fourth-order valence-electron chi connectivity index (χ4n) is 4.07. The summed E-state index contributed by atoms with van der Waals surface area (Å²) in [5, 5.41) is 23.2. The number of hydrogen-bond donors (Lipinski definition) is 4. The molecule has 222 valence electrons. The number of rotatable bonds is 14. The summed E-state index contributed by atoms with van der Waals surface area (Å²) in [6.07, 6.45) is -3.44. The van der Waals surface area contributed by atoms with Crippen LogP contribution in [-0.4, -0.2) is 63.3 Å². The molecular weight excluding hydrogens is 552 g/mol. The quantitative estimate of drug-likeness (QED) is 0.187. The van der Waals surface area contributed by atoms with E-state index in [2.05, 4.69) is 5.09 Å². The predicted octanol–water partition coefficient (Wildman–Crippen LogP) is 1.85. The smallest absolute Gasteiger partial charge is 0.459 e. The predicted molar refractivity (Wildman–Crippen MR) is 140 cm³/mol. The molecule has 0 unspecified atom stereocenters. The van der Waals surface area contributed by atoms with E-state index < -0.39 is 68.0 Å². The van der Waals surface area contributed by atoms with Gasteiger partial charge in [-0.05, 0) is 25.0 Å². The number of aliphatic hydroxyl groups excluding tert-OH is 2. The number of aromatic nitrogens is 2. The Morgan fingerprint density at radius 1 is 1.27 bits per heavy atom. The van der Waals surface area contributed by atoms with E-state index in [-0.39, 0.29) is 24.7 Å². The van der Waals surface area contributed by atoms with Gasteiger partial charge in [0.1, 0.15) is 30.2 Å². The molecule has 1 aliphatic rings. The zero-order valence-corrected chi connectivity index (χ0v) is 23.3. The van der Waals surface area contributed by atoms with Gasteiger partial charge >= 0.3 is 19.4 Å². The number of nitrogens with one attached hydrogen (secondary N) is 2. The largest absolute Gasteiger partial charge is 0.464 e. The van der Waals surface area contributed by atoms with Crippen LogP contribution in [0.3, 0.4) is 0 Å². The molecule has 2 heterocycles. The van der Waals surface area contributed by atoms with Crippen molar-refractivity contribution in [2.24, 2.45) is 5.92 Å². The summed E-state index contributed by atoms with van der Waals surface area (Å²) < 4.78 is 50.7. The average Bonchev–Trinajstić information content (AvgIpc) is 3.31. The minimum atomic E-state index is -4.46. The van der Waals surface area contributed by atoms with E-state index in [0.29, 0.717) is 6.20 Å². The molecule has 2 aromatic rings. The number of carbonyl (C=O) groups excluding carboxylic acids is 1. The number of ether oxygens (including phenoxy) is 2. The van der Waals surface area contributed by atoms with E-state index in [1.807, 2.05) is 13.8 Å². The Kier molecular flexibility index (Phi) is 11.2. The third-order valence-electron chi connectivity index (χ3n) is 6.48. The molecule has 1 fully saturated rings. The van der Waals surface area contributed by atoms with Crippen LogP contribution >= 0.6 is 7.75 Å². The van der Waals surface area contributed by atoms with E-state index in [9.17, 15) is 33.6 Å². The second-order valence-corrected chi connectivity index (χ2v) is 11.0. The van der Waals surface area contributed by atoms with Crippen molar-refractivity contribution >= 4 is 13.7 Å². The summed E-state index contributed by atoms with van der Waals surface area (Å²) >= 11 is 0. The molecule has 13 nitrogen and oxygen atoms in total. The normalized spacial score (nSPS) is 22.0. The van der Waals surface area contributed by atoms with Crippen LogP contribution in [0.1, 0.15) is 46.3 Å². The molecule has 40 heavy (non-hydrogen) atoms. The summed E-state index contributed by atoms with van der Waals surface area (Å²) in [5.74, 6) is -1.67. The maximum absolute atomic E-state index is 13.9. The van der Waals surface area contributed by atoms with E-state index in [1.54, 1.807) is 23.2 Å². The SMILES string of the molecule is CCC(CC)COC(=O)[C@H](C)N[P@](=O)(Oc1ccccc1)O[C@H](CO)[C@H]1O[C@@H](n2cc(F)c(=O)[nH]c2=O)C[C@@H]1O. The lowest BCUT2D eigenvalue weighted by atomic mass is 10.1.